The molecule has 0 saturated heterocycles. The number of rotatable bonds is 5. The minimum atomic E-state index is -0.315. The molecule has 3 aromatic rings. The molecule has 0 unspecified atom stereocenters. The number of amides is 1. The predicted octanol–water partition coefficient (Wildman–Crippen LogP) is 2.94. The van der Waals surface area contributed by atoms with Crippen LogP contribution in [0, 0.1) is 19.7 Å². The molecule has 24 heavy (non-hydrogen) atoms. The first kappa shape index (κ1) is 15.9. The third-order valence-electron chi connectivity index (χ3n) is 3.67. The number of carbonyl (C=O) groups excluding carboxylic acids is 1. The van der Waals surface area contributed by atoms with Crippen molar-refractivity contribution >= 4 is 5.91 Å². The Morgan fingerprint density at radius 3 is 2.58 bits per heavy atom. The first-order valence-electron chi connectivity index (χ1n) is 7.43. The van der Waals surface area contributed by atoms with E-state index in [0.717, 1.165) is 11.1 Å². The van der Waals surface area contributed by atoms with Gasteiger partial charge in [0, 0.05) is 17.2 Å². The summed E-state index contributed by atoms with van der Waals surface area (Å²) in [5, 5.41) is 10.5. The van der Waals surface area contributed by atoms with Crippen LogP contribution in [-0.4, -0.2) is 16.2 Å². The van der Waals surface area contributed by atoms with E-state index >= 15 is 0 Å². The number of aromatic nitrogens is 2. The molecule has 2 aromatic heterocycles. The summed E-state index contributed by atoms with van der Waals surface area (Å²) in [4.78, 5) is 12.0. The van der Waals surface area contributed by atoms with Gasteiger partial charge in [0.2, 0.25) is 5.91 Å². The van der Waals surface area contributed by atoms with E-state index in [1.54, 1.807) is 32.0 Å². The maximum atomic E-state index is 12.9. The smallest absolute Gasteiger partial charge is 0.224 e. The van der Waals surface area contributed by atoms with E-state index in [1.165, 1.54) is 12.1 Å². The van der Waals surface area contributed by atoms with E-state index in [9.17, 15) is 9.18 Å². The van der Waals surface area contributed by atoms with E-state index < -0.39 is 0 Å². The fraction of sp³-hybridized carbons (Fsp3) is 0.235. The lowest BCUT2D eigenvalue weighted by molar-refractivity contribution is -0.120. The predicted molar refractivity (Wildman–Crippen MR) is 83.4 cm³/mol. The number of nitrogens with zero attached hydrogens (tertiary/aromatic N) is 2. The second-order valence-corrected chi connectivity index (χ2v) is 5.45. The van der Waals surface area contributed by atoms with Gasteiger partial charge >= 0.3 is 0 Å². The van der Waals surface area contributed by atoms with E-state index in [-0.39, 0.29) is 24.7 Å². The first-order valence-corrected chi connectivity index (χ1v) is 7.43. The molecule has 0 spiro atoms. The summed E-state index contributed by atoms with van der Waals surface area (Å²) in [5.74, 6) is 0.688. The number of hydrogen-bond donors (Lipinski definition) is 1. The molecule has 0 fully saturated rings. The van der Waals surface area contributed by atoms with Gasteiger partial charge in [-0.1, -0.05) is 10.3 Å². The molecule has 124 valence electrons. The Balaban J connectivity index is 1.59. The number of carbonyl (C=O) groups is 1. The second-order valence-electron chi connectivity index (χ2n) is 5.45. The Labute approximate surface area is 137 Å². The molecule has 3 rings (SSSR count). The monoisotopic (exact) mass is 329 g/mol. The molecule has 0 aliphatic rings. The van der Waals surface area contributed by atoms with Crippen molar-refractivity contribution in [2.75, 3.05) is 0 Å². The quantitative estimate of drug-likeness (QED) is 0.778. The van der Waals surface area contributed by atoms with Crippen molar-refractivity contribution in [1.82, 2.24) is 15.6 Å². The van der Waals surface area contributed by atoms with E-state index in [2.05, 4.69) is 15.6 Å². The normalized spacial score (nSPS) is 10.8. The zero-order chi connectivity index (χ0) is 17.1. The van der Waals surface area contributed by atoms with E-state index in [4.69, 9.17) is 9.05 Å². The van der Waals surface area contributed by atoms with Gasteiger partial charge in [0.05, 0.1) is 18.7 Å². The Bertz CT molecular complexity index is 833. The molecule has 0 radical (unpaired) electrons. The van der Waals surface area contributed by atoms with Gasteiger partial charge in [-0.2, -0.15) is 0 Å². The lowest BCUT2D eigenvalue weighted by Crippen LogP contribution is -2.25. The summed E-state index contributed by atoms with van der Waals surface area (Å²) < 4.78 is 23.2. The maximum absolute atomic E-state index is 12.9. The van der Waals surface area contributed by atoms with Gasteiger partial charge < -0.3 is 14.4 Å². The number of aryl methyl sites for hydroxylation is 2. The largest absolute Gasteiger partial charge is 0.361 e. The number of nitrogens with one attached hydrogen (secondary N) is 1. The highest BCUT2D eigenvalue weighted by atomic mass is 19.1. The van der Waals surface area contributed by atoms with Gasteiger partial charge in [-0.15, -0.1) is 0 Å². The minimum absolute atomic E-state index is 0.157. The summed E-state index contributed by atoms with van der Waals surface area (Å²) in [5.41, 5.74) is 2.81. The molecule has 0 bridgehead atoms. The van der Waals surface area contributed by atoms with Crippen LogP contribution in [0.15, 0.2) is 39.4 Å². The van der Waals surface area contributed by atoms with Crippen molar-refractivity contribution in [3.05, 3.63) is 58.9 Å². The zero-order valence-electron chi connectivity index (χ0n) is 13.3. The van der Waals surface area contributed by atoms with Crippen LogP contribution in [0.3, 0.4) is 0 Å². The van der Waals surface area contributed by atoms with Crippen molar-refractivity contribution in [3.63, 3.8) is 0 Å². The molecule has 6 nitrogen and oxygen atoms in total. The third kappa shape index (κ3) is 3.51. The van der Waals surface area contributed by atoms with Crippen molar-refractivity contribution < 1.29 is 18.2 Å². The highest BCUT2D eigenvalue weighted by Gasteiger charge is 2.14. The second kappa shape index (κ2) is 6.66. The summed E-state index contributed by atoms with van der Waals surface area (Å²) in [6, 6.07) is 7.63. The van der Waals surface area contributed by atoms with Gasteiger partial charge in [-0.05, 0) is 38.1 Å². The highest BCUT2D eigenvalue weighted by Crippen LogP contribution is 2.20. The fourth-order valence-corrected chi connectivity index (χ4v) is 2.31. The Hall–Kier alpha value is -2.96. The zero-order valence-corrected chi connectivity index (χ0v) is 13.3. The standard InChI is InChI=1S/C17H16FN3O3/c1-10-15(11(2)23-20-10)8-17(22)19-9-14-7-16(24-21-14)12-3-5-13(18)6-4-12/h3-7H,8-9H2,1-2H3,(H,19,22). The van der Waals surface area contributed by atoms with Crippen LogP contribution in [0.25, 0.3) is 11.3 Å². The SMILES string of the molecule is Cc1noc(C)c1CC(=O)NCc1cc(-c2ccc(F)cc2)on1. The van der Waals surface area contributed by atoms with Crippen LogP contribution in [0.2, 0.25) is 0 Å². The number of hydrogen-bond acceptors (Lipinski definition) is 5. The average Bonchev–Trinajstić information content (AvgIpc) is 3.16. The van der Waals surface area contributed by atoms with E-state index in [0.29, 0.717) is 22.9 Å². The topological polar surface area (TPSA) is 81.2 Å². The molecule has 0 aliphatic heterocycles. The van der Waals surface area contributed by atoms with Crippen LogP contribution in [0.5, 0.6) is 0 Å². The minimum Gasteiger partial charge on any atom is -0.361 e. The molecule has 7 heteroatoms. The van der Waals surface area contributed by atoms with Crippen LogP contribution < -0.4 is 5.32 Å². The Morgan fingerprint density at radius 2 is 1.92 bits per heavy atom. The molecule has 0 atom stereocenters. The number of benzene rings is 1. The van der Waals surface area contributed by atoms with Crippen molar-refractivity contribution in [2.24, 2.45) is 0 Å². The van der Waals surface area contributed by atoms with Crippen LogP contribution in [-0.2, 0) is 17.8 Å². The molecule has 0 aliphatic carbocycles. The molecule has 0 saturated carbocycles. The van der Waals surface area contributed by atoms with Gasteiger partial charge in [-0.3, -0.25) is 4.79 Å². The van der Waals surface area contributed by atoms with Crippen LogP contribution in [0.4, 0.5) is 4.39 Å². The van der Waals surface area contributed by atoms with Crippen LogP contribution in [0.1, 0.15) is 22.7 Å². The summed E-state index contributed by atoms with van der Waals surface area (Å²) in [7, 11) is 0. The van der Waals surface area contributed by atoms with E-state index in [1.807, 2.05) is 0 Å². The lowest BCUT2D eigenvalue weighted by Gasteiger charge is -2.02. The Morgan fingerprint density at radius 1 is 1.17 bits per heavy atom. The molecular weight excluding hydrogens is 313 g/mol. The summed E-state index contributed by atoms with van der Waals surface area (Å²) >= 11 is 0. The van der Waals surface area contributed by atoms with Gasteiger partial charge in [-0.25, -0.2) is 4.39 Å². The van der Waals surface area contributed by atoms with Gasteiger partial charge in [0.1, 0.15) is 17.3 Å². The van der Waals surface area contributed by atoms with Crippen LogP contribution >= 0.6 is 0 Å². The Kier molecular flexibility index (Phi) is 4.41. The van der Waals surface area contributed by atoms with Crippen molar-refractivity contribution in [3.8, 4) is 11.3 Å². The maximum Gasteiger partial charge on any atom is 0.224 e. The fourth-order valence-electron chi connectivity index (χ4n) is 2.31. The van der Waals surface area contributed by atoms with Gasteiger partial charge in [0.25, 0.3) is 0 Å². The molecule has 1 N–H and O–H groups in total. The summed E-state index contributed by atoms with van der Waals surface area (Å²) in [6.45, 7) is 3.81. The molecular formula is C17H16FN3O3. The number of halogens is 1. The first-order chi connectivity index (χ1) is 11.5. The molecule has 1 amide bonds. The van der Waals surface area contributed by atoms with Gasteiger partial charge in [0.15, 0.2) is 5.76 Å². The average molecular weight is 329 g/mol. The third-order valence-corrected chi connectivity index (χ3v) is 3.67. The molecule has 2 heterocycles. The highest BCUT2D eigenvalue weighted by molar-refractivity contribution is 5.79. The molecule has 1 aromatic carbocycles. The summed E-state index contributed by atoms with van der Waals surface area (Å²) in [6.07, 6.45) is 0.198. The van der Waals surface area contributed by atoms with Crippen molar-refractivity contribution in [1.29, 1.82) is 0 Å². The lowest BCUT2D eigenvalue weighted by atomic mass is 10.1. The van der Waals surface area contributed by atoms with Crippen molar-refractivity contribution in [2.45, 2.75) is 26.8 Å².